The third-order valence-electron chi connectivity index (χ3n) is 1.23. The van der Waals surface area contributed by atoms with E-state index in [1.165, 1.54) is 0 Å². The molecule has 0 aliphatic rings. The van der Waals surface area contributed by atoms with Crippen molar-refractivity contribution >= 4 is 8.69 Å². The second-order valence-corrected chi connectivity index (χ2v) is 2.26. The van der Waals surface area contributed by atoms with Crippen molar-refractivity contribution in [3.8, 4) is 5.75 Å². The molecule has 0 heterocycles. The molecule has 54 valence electrons. The van der Waals surface area contributed by atoms with E-state index in [2.05, 4.69) is 0 Å². The third kappa shape index (κ3) is 3.35. The fourth-order valence-electron chi connectivity index (χ4n) is 0.699. The molecule has 0 aliphatic heterocycles. The Balaban J connectivity index is 0. The monoisotopic (exact) mass is 178 g/mol. The van der Waals surface area contributed by atoms with Crippen molar-refractivity contribution in [3.05, 3.63) is 29.8 Å². The van der Waals surface area contributed by atoms with Gasteiger partial charge in [0.2, 0.25) is 0 Å². The molecule has 0 saturated heterocycles. The van der Waals surface area contributed by atoms with Gasteiger partial charge in [0.25, 0.3) is 0 Å². The summed E-state index contributed by atoms with van der Waals surface area (Å²) in [5, 5.41) is 0. The van der Waals surface area contributed by atoms with Gasteiger partial charge in [-0.2, -0.15) is 0 Å². The summed E-state index contributed by atoms with van der Waals surface area (Å²) in [6.45, 7) is 1.90. The van der Waals surface area contributed by atoms with E-state index in [-0.39, 0.29) is 39.7 Å². The molecule has 0 N–H and O–H groups in total. The van der Waals surface area contributed by atoms with E-state index in [1.54, 1.807) is 6.07 Å². The first-order valence-corrected chi connectivity index (χ1v) is 3.63. The zero-order valence-electron chi connectivity index (χ0n) is 7.57. The van der Waals surface area contributed by atoms with Crippen molar-refractivity contribution in [1.29, 1.82) is 0 Å². The summed E-state index contributed by atoms with van der Waals surface area (Å²) in [5.41, 5.74) is 0.992. The van der Waals surface area contributed by atoms with Crippen LogP contribution in [0.5, 0.6) is 5.75 Å². The van der Waals surface area contributed by atoms with Gasteiger partial charge in [-0.25, -0.2) is 4.57 Å². The number of benzene rings is 1. The van der Waals surface area contributed by atoms with Crippen LogP contribution in [0.2, 0.25) is 0 Å². The van der Waals surface area contributed by atoms with Crippen LogP contribution >= 0.6 is 8.69 Å². The minimum absolute atomic E-state index is 0. The Bertz CT molecular complexity index is 245. The summed E-state index contributed by atoms with van der Waals surface area (Å²) in [5.74, 6) is 0.666. The van der Waals surface area contributed by atoms with Gasteiger partial charge in [0.05, 0.1) is 0 Å². The predicted octanol–water partition coefficient (Wildman–Crippen LogP) is -0.303. The summed E-state index contributed by atoms with van der Waals surface area (Å²) >= 11 is 0. The van der Waals surface area contributed by atoms with Gasteiger partial charge < -0.3 is 5.95 Å². The minimum atomic E-state index is -0.300. The van der Waals surface area contributed by atoms with E-state index in [4.69, 9.17) is 4.52 Å². The molecule has 0 aliphatic carbocycles. The molecular weight excluding hydrogens is 170 g/mol. The molecule has 11 heavy (non-hydrogen) atoms. The molecule has 1 aromatic rings. The van der Waals surface area contributed by atoms with Crippen LogP contribution in [-0.2, 0) is 4.57 Å². The van der Waals surface area contributed by atoms with Crippen molar-refractivity contribution < 1.29 is 40.1 Å². The summed E-state index contributed by atoms with van der Waals surface area (Å²) in [7, 11) is -0.300. The van der Waals surface area contributed by atoms with Gasteiger partial charge in [-0.1, -0.05) is 18.2 Å². The molecule has 2 nitrogen and oxygen atoms in total. The molecule has 4 heteroatoms. The Morgan fingerprint density at radius 2 is 2.09 bits per heavy atom. The Labute approximate surface area is 91.0 Å². The smallest absolute Gasteiger partial charge is 1.00 e. The van der Waals surface area contributed by atoms with Gasteiger partial charge in [-0.15, -0.1) is 0 Å². The first kappa shape index (κ1) is 11.1. The summed E-state index contributed by atoms with van der Waals surface area (Å²) in [6, 6.07) is 7.43. The maximum atomic E-state index is 10.0. The second-order valence-electron chi connectivity index (χ2n) is 1.93. The Morgan fingerprint density at radius 3 is 2.64 bits per heavy atom. The third-order valence-corrected chi connectivity index (χ3v) is 1.50. The average molecular weight is 178 g/mol. The van der Waals surface area contributed by atoms with Crippen LogP contribution < -0.4 is 34.1 Å². The van der Waals surface area contributed by atoms with E-state index < -0.39 is 0 Å². The van der Waals surface area contributed by atoms with E-state index >= 15 is 0 Å². The molecule has 0 atom stereocenters. The molecule has 0 radical (unpaired) electrons. The van der Waals surface area contributed by atoms with Crippen LogP contribution in [0.3, 0.4) is 0 Å². The Kier molecular flexibility index (Phi) is 5.79. The molecule has 0 aromatic heterocycles. The summed E-state index contributed by atoms with van der Waals surface area (Å²) < 4.78 is 14.8. The maximum Gasteiger partial charge on any atom is 1.00 e. The van der Waals surface area contributed by atoms with Gasteiger partial charge in [0.1, 0.15) is 5.75 Å². The molecule has 1 rings (SSSR count). The zero-order valence-corrected chi connectivity index (χ0v) is 9.47. The molecule has 0 unspecified atom stereocenters. The molecular formula is C7H8NaO2P. The fourth-order valence-corrected chi connectivity index (χ4v) is 0.984. The Morgan fingerprint density at radius 1 is 1.45 bits per heavy atom. The van der Waals surface area contributed by atoms with Crippen LogP contribution in [0, 0.1) is 6.92 Å². The van der Waals surface area contributed by atoms with Crippen molar-refractivity contribution in [1.82, 2.24) is 0 Å². The standard InChI is InChI=1S/C7H7O2P.Na.H/c1-6-4-2-3-5-7(6)9-10-8;;/h2-5H,1H3;;/q;+1;-1. The SMILES string of the molecule is Cc1ccccc1OP=O.[H-].[Na+]. The largest absolute Gasteiger partial charge is 1.00 e. The fraction of sp³-hybridized carbons (Fsp3) is 0.143. The van der Waals surface area contributed by atoms with Gasteiger partial charge in [-0.3, -0.25) is 0 Å². The number of rotatable bonds is 2. The average Bonchev–Trinajstić information content (AvgIpc) is 1.94. The van der Waals surface area contributed by atoms with Gasteiger partial charge in [-0.05, 0) is 18.6 Å². The molecule has 0 fully saturated rings. The van der Waals surface area contributed by atoms with Gasteiger partial charge in [0, 0.05) is 0 Å². The molecule has 0 spiro atoms. The van der Waals surface area contributed by atoms with Gasteiger partial charge in [0.15, 0.2) is 0 Å². The van der Waals surface area contributed by atoms with E-state index in [0.29, 0.717) is 5.75 Å². The molecule has 0 amide bonds. The number of para-hydroxylation sites is 1. The minimum Gasteiger partial charge on any atom is -1.00 e. The molecule has 0 bridgehead atoms. The number of hydrogen-bond acceptors (Lipinski definition) is 2. The van der Waals surface area contributed by atoms with Crippen LogP contribution in [0.15, 0.2) is 24.3 Å². The number of aryl methyl sites for hydroxylation is 1. The van der Waals surface area contributed by atoms with Crippen LogP contribution in [0.25, 0.3) is 0 Å². The van der Waals surface area contributed by atoms with E-state index in [0.717, 1.165) is 5.56 Å². The zero-order chi connectivity index (χ0) is 7.40. The van der Waals surface area contributed by atoms with Crippen LogP contribution in [0.4, 0.5) is 0 Å². The van der Waals surface area contributed by atoms with Crippen LogP contribution in [-0.4, -0.2) is 0 Å². The number of hydrogen-bond donors (Lipinski definition) is 0. The predicted molar refractivity (Wildman–Crippen MR) is 40.5 cm³/mol. The van der Waals surface area contributed by atoms with Gasteiger partial charge >= 0.3 is 38.2 Å². The van der Waals surface area contributed by atoms with Crippen LogP contribution in [0.1, 0.15) is 6.99 Å². The van der Waals surface area contributed by atoms with Crippen molar-refractivity contribution in [3.63, 3.8) is 0 Å². The maximum absolute atomic E-state index is 10.0. The molecule has 0 saturated carbocycles. The normalized spacial score (nSPS) is 8.82. The van der Waals surface area contributed by atoms with Crippen molar-refractivity contribution in [2.24, 2.45) is 0 Å². The first-order valence-electron chi connectivity index (χ1n) is 2.90. The Hall–Kier alpha value is 0.120. The quantitative estimate of drug-likeness (QED) is 0.459. The van der Waals surface area contributed by atoms with E-state index in [9.17, 15) is 4.57 Å². The first-order chi connectivity index (χ1) is 4.84. The van der Waals surface area contributed by atoms with Crippen molar-refractivity contribution in [2.75, 3.05) is 0 Å². The van der Waals surface area contributed by atoms with Crippen molar-refractivity contribution in [2.45, 2.75) is 6.92 Å². The second kappa shape index (κ2) is 5.73. The topological polar surface area (TPSA) is 26.3 Å². The van der Waals surface area contributed by atoms with E-state index in [1.807, 2.05) is 25.1 Å². The molecule has 1 aromatic carbocycles. The summed E-state index contributed by atoms with van der Waals surface area (Å²) in [4.78, 5) is 0. The summed E-state index contributed by atoms with van der Waals surface area (Å²) in [6.07, 6.45) is 0.